The number of rotatable bonds is 6. The van der Waals surface area contributed by atoms with Crippen LogP contribution in [-0.4, -0.2) is 25.8 Å². The normalized spacial score (nSPS) is 27.3. The van der Waals surface area contributed by atoms with Gasteiger partial charge in [0.15, 0.2) is 0 Å². The van der Waals surface area contributed by atoms with Crippen molar-refractivity contribution in [1.82, 2.24) is 5.32 Å². The van der Waals surface area contributed by atoms with E-state index in [1.54, 1.807) is 7.11 Å². The second-order valence-corrected chi connectivity index (χ2v) is 6.39. The van der Waals surface area contributed by atoms with Crippen LogP contribution >= 0.6 is 0 Å². The molecule has 0 amide bonds. The summed E-state index contributed by atoms with van der Waals surface area (Å²) in [5.41, 5.74) is 0.0470. The van der Waals surface area contributed by atoms with Crippen molar-refractivity contribution in [2.24, 2.45) is 10.8 Å². The molecule has 2 unspecified atom stereocenters. The molecule has 1 aliphatic rings. The third-order valence-electron chi connectivity index (χ3n) is 4.13. The molecule has 0 aromatic rings. The second-order valence-electron chi connectivity index (χ2n) is 6.39. The van der Waals surface area contributed by atoms with E-state index < -0.39 is 0 Å². The minimum absolute atomic E-state index is 0.189. The minimum Gasteiger partial charge on any atom is -0.381 e. The lowest BCUT2D eigenvalue weighted by atomic mass is 9.64. The Kier molecular flexibility index (Phi) is 4.57. The predicted molar refractivity (Wildman–Crippen MR) is 69.6 cm³/mol. The quantitative estimate of drug-likeness (QED) is 0.724. The van der Waals surface area contributed by atoms with Gasteiger partial charge in [-0.25, -0.2) is 0 Å². The van der Waals surface area contributed by atoms with E-state index in [1.807, 2.05) is 13.8 Å². The Morgan fingerprint density at radius 3 is 2.59 bits per heavy atom. The van der Waals surface area contributed by atoms with Crippen LogP contribution < -0.4 is 5.32 Å². The molecule has 0 bridgehead atoms. The van der Waals surface area contributed by atoms with Crippen LogP contribution in [0.2, 0.25) is 0 Å². The Labute approximate surface area is 106 Å². The fraction of sp³-hybridized carbons (Fsp3) is 0.929. The first-order valence-electron chi connectivity index (χ1n) is 6.51. The molecule has 0 saturated heterocycles. The predicted octanol–water partition coefficient (Wildman–Crippen LogP) is 2.72. The second kappa shape index (κ2) is 5.37. The third-order valence-corrected chi connectivity index (χ3v) is 4.13. The number of nitrogens with one attached hydrogen (secondary N) is 1. The zero-order chi connectivity index (χ0) is 13.1. The van der Waals surface area contributed by atoms with E-state index in [0.29, 0.717) is 12.1 Å². The maximum Gasteiger partial charge on any atom is 0.0683 e. The maximum atomic E-state index is 8.92. The molecule has 17 heavy (non-hydrogen) atoms. The van der Waals surface area contributed by atoms with Crippen molar-refractivity contribution in [2.45, 2.75) is 59.1 Å². The highest BCUT2D eigenvalue weighted by Crippen LogP contribution is 2.42. The molecule has 0 radical (unpaired) electrons. The number of nitriles is 1. The van der Waals surface area contributed by atoms with E-state index in [-0.39, 0.29) is 10.8 Å². The van der Waals surface area contributed by atoms with Gasteiger partial charge in [-0.3, -0.25) is 0 Å². The van der Waals surface area contributed by atoms with Crippen LogP contribution in [0.1, 0.15) is 47.0 Å². The van der Waals surface area contributed by atoms with Crippen LogP contribution in [0, 0.1) is 22.2 Å². The fourth-order valence-electron chi connectivity index (χ4n) is 2.49. The van der Waals surface area contributed by atoms with Crippen molar-refractivity contribution < 1.29 is 4.74 Å². The number of hydrogen-bond acceptors (Lipinski definition) is 3. The van der Waals surface area contributed by atoms with Crippen molar-refractivity contribution >= 4 is 0 Å². The zero-order valence-electron chi connectivity index (χ0n) is 11.8. The average molecular weight is 238 g/mol. The summed E-state index contributed by atoms with van der Waals surface area (Å²) < 4.78 is 5.43. The van der Waals surface area contributed by atoms with Crippen LogP contribution in [0.3, 0.4) is 0 Å². The van der Waals surface area contributed by atoms with E-state index in [2.05, 4.69) is 25.2 Å². The minimum atomic E-state index is -0.189. The van der Waals surface area contributed by atoms with E-state index in [9.17, 15) is 0 Å². The molecule has 3 heteroatoms. The van der Waals surface area contributed by atoms with Crippen molar-refractivity contribution in [3.63, 3.8) is 0 Å². The van der Waals surface area contributed by atoms with Gasteiger partial charge in [0.05, 0.1) is 17.6 Å². The highest BCUT2D eigenvalue weighted by Gasteiger charge is 2.47. The summed E-state index contributed by atoms with van der Waals surface area (Å²) in [6.45, 7) is 9.50. The third kappa shape index (κ3) is 3.43. The van der Waals surface area contributed by atoms with E-state index in [1.165, 1.54) is 0 Å². The topological polar surface area (TPSA) is 45.0 Å². The summed E-state index contributed by atoms with van der Waals surface area (Å²) in [5, 5.41) is 12.5. The van der Waals surface area contributed by atoms with Gasteiger partial charge in [0.25, 0.3) is 0 Å². The number of hydrogen-bond donors (Lipinski definition) is 1. The van der Waals surface area contributed by atoms with Crippen LogP contribution in [0.25, 0.3) is 0 Å². The summed E-state index contributed by atoms with van der Waals surface area (Å²) in [4.78, 5) is 0. The standard InChI is InChI=1S/C14H26N2O/c1-13(2,10-15)7-6-8-16-11-9-12(17-5)14(11,3)4/h11-12,16H,6-9H2,1-5H3. The first-order chi connectivity index (χ1) is 7.83. The molecule has 1 aliphatic carbocycles. The molecule has 1 fully saturated rings. The smallest absolute Gasteiger partial charge is 0.0683 e. The van der Waals surface area contributed by atoms with Gasteiger partial charge in [0.1, 0.15) is 0 Å². The van der Waals surface area contributed by atoms with Gasteiger partial charge in [0.2, 0.25) is 0 Å². The van der Waals surface area contributed by atoms with Gasteiger partial charge in [-0.2, -0.15) is 5.26 Å². The summed E-state index contributed by atoms with van der Waals surface area (Å²) in [6.07, 6.45) is 3.50. The SMILES string of the molecule is COC1CC(NCCCC(C)(C)C#N)C1(C)C. The average Bonchev–Trinajstić information content (AvgIpc) is 2.27. The van der Waals surface area contributed by atoms with Gasteiger partial charge in [0, 0.05) is 18.6 Å². The summed E-state index contributed by atoms with van der Waals surface area (Å²) in [5.74, 6) is 0. The Hall–Kier alpha value is -0.590. The highest BCUT2D eigenvalue weighted by atomic mass is 16.5. The largest absolute Gasteiger partial charge is 0.381 e. The van der Waals surface area contributed by atoms with Crippen molar-refractivity contribution in [3.8, 4) is 6.07 Å². The molecule has 0 aliphatic heterocycles. The van der Waals surface area contributed by atoms with Gasteiger partial charge in [-0.05, 0) is 39.7 Å². The molecule has 2 atom stereocenters. The lowest BCUT2D eigenvalue weighted by Gasteiger charge is -2.51. The molecule has 0 aromatic carbocycles. The Balaban J connectivity index is 2.20. The van der Waals surface area contributed by atoms with Crippen LogP contribution in [0.5, 0.6) is 0 Å². The first kappa shape index (κ1) is 14.5. The zero-order valence-corrected chi connectivity index (χ0v) is 11.8. The lowest BCUT2D eigenvalue weighted by molar-refractivity contribution is -0.0973. The molecule has 1 N–H and O–H groups in total. The van der Waals surface area contributed by atoms with Gasteiger partial charge in [-0.15, -0.1) is 0 Å². The molecular formula is C14H26N2O. The Morgan fingerprint density at radius 2 is 2.12 bits per heavy atom. The van der Waals surface area contributed by atoms with Gasteiger partial charge >= 0.3 is 0 Å². The number of methoxy groups -OCH3 is 1. The molecule has 0 spiro atoms. The van der Waals surface area contributed by atoms with E-state index in [0.717, 1.165) is 25.8 Å². The number of ether oxygens (including phenoxy) is 1. The molecule has 1 saturated carbocycles. The van der Waals surface area contributed by atoms with Crippen LogP contribution in [-0.2, 0) is 4.74 Å². The molecule has 3 nitrogen and oxygen atoms in total. The van der Waals surface area contributed by atoms with Gasteiger partial charge in [-0.1, -0.05) is 13.8 Å². The summed E-state index contributed by atoms with van der Waals surface area (Å²) in [6, 6.07) is 2.90. The Morgan fingerprint density at radius 1 is 1.47 bits per heavy atom. The van der Waals surface area contributed by atoms with Crippen LogP contribution in [0.4, 0.5) is 0 Å². The molecule has 1 rings (SSSR count). The highest BCUT2D eigenvalue weighted by molar-refractivity contribution is 5.02. The maximum absolute atomic E-state index is 8.92. The van der Waals surface area contributed by atoms with Gasteiger partial charge < -0.3 is 10.1 Å². The molecular weight excluding hydrogens is 212 g/mol. The molecule has 98 valence electrons. The summed E-state index contributed by atoms with van der Waals surface area (Å²) >= 11 is 0. The Bertz CT molecular complexity index is 291. The van der Waals surface area contributed by atoms with Crippen molar-refractivity contribution in [2.75, 3.05) is 13.7 Å². The number of nitrogens with zero attached hydrogens (tertiary/aromatic N) is 1. The van der Waals surface area contributed by atoms with E-state index >= 15 is 0 Å². The summed E-state index contributed by atoms with van der Waals surface area (Å²) in [7, 11) is 1.79. The first-order valence-corrected chi connectivity index (χ1v) is 6.51. The van der Waals surface area contributed by atoms with Crippen molar-refractivity contribution in [3.05, 3.63) is 0 Å². The van der Waals surface area contributed by atoms with E-state index in [4.69, 9.17) is 10.00 Å². The monoisotopic (exact) mass is 238 g/mol. The van der Waals surface area contributed by atoms with Crippen molar-refractivity contribution in [1.29, 1.82) is 5.26 Å². The fourth-order valence-corrected chi connectivity index (χ4v) is 2.49. The van der Waals surface area contributed by atoms with Crippen LogP contribution in [0.15, 0.2) is 0 Å². The lowest BCUT2D eigenvalue weighted by Crippen LogP contribution is -2.60. The molecule has 0 heterocycles. The molecule has 0 aromatic heterocycles.